The maximum Gasteiger partial charge on any atom is 1.00 e. The van der Waals surface area contributed by atoms with E-state index in [4.69, 9.17) is 93.7 Å². The molecule has 3 aliphatic heterocycles. The first kappa shape index (κ1) is 54.7. The molecule has 10 nitrogen and oxygen atoms in total. The Morgan fingerprint density at radius 2 is 0.889 bits per heavy atom. The van der Waals surface area contributed by atoms with Gasteiger partial charge in [0.1, 0.15) is 11.5 Å². The first-order chi connectivity index (χ1) is 23.4. The van der Waals surface area contributed by atoms with E-state index in [1.54, 1.807) is 38.5 Å². The Balaban J connectivity index is 0.000000750. The van der Waals surface area contributed by atoms with Crippen LogP contribution in [-0.4, -0.2) is 74.9 Å². The molecule has 54 heavy (non-hydrogen) atoms. The minimum Gasteiger partial charge on any atom is -0.550 e. The molecule has 3 heterocycles. The van der Waals surface area contributed by atoms with E-state index >= 15 is 0 Å². The van der Waals surface area contributed by atoms with E-state index in [2.05, 4.69) is 15.9 Å². The van der Waals surface area contributed by atoms with Gasteiger partial charge in [0.2, 0.25) is 0 Å². The second-order valence-electron chi connectivity index (χ2n) is 15.2. The fourth-order valence-corrected chi connectivity index (χ4v) is 5.78. The summed E-state index contributed by atoms with van der Waals surface area (Å²) >= 11 is 27.1. The normalized spacial score (nSPS) is 20.4. The summed E-state index contributed by atoms with van der Waals surface area (Å²) in [5, 5.41) is 10.7. The zero-order valence-electron chi connectivity index (χ0n) is 33.5. The van der Waals surface area contributed by atoms with Gasteiger partial charge in [-0.2, -0.15) is 0 Å². The van der Waals surface area contributed by atoms with Crippen LogP contribution in [0, 0.1) is 0 Å². The first-order valence-electron chi connectivity index (χ1n) is 16.4. The standard InChI is InChI=1S/C13H17BCl2O3.C12H24B2O4.C7H5BrCl2O.C2H4O2.CH4.K/c1-12(2)13(3,4)19-14(18-12)9-6-8(17-5)7-10(15)11(9)16;1-9(2)10(3,4)16-13(15-9)14-17-11(5,6)12(7,8)18-14;1-11-4-2-5(8)7(10)6(9)3-4;1-2(3)4;;/h6-7H,1-5H3;1-8H3;2-3H,1H3;1H3,(H,3,4);1H4;/q;;;;;+1/p-1. The minimum absolute atomic E-state index is 0. The monoisotopic (exact) mass is 924 g/mol. The quantitative estimate of drug-likeness (QED) is 0.279. The molecule has 298 valence electrons. The molecule has 5 rings (SSSR count). The third kappa shape index (κ3) is 13.6. The van der Waals surface area contributed by atoms with Crippen LogP contribution >= 0.6 is 62.3 Å². The molecule has 3 saturated heterocycles. The van der Waals surface area contributed by atoms with Crippen molar-refractivity contribution >= 4 is 94.9 Å². The van der Waals surface area contributed by atoms with Crippen LogP contribution in [0.4, 0.5) is 0 Å². The Labute approximate surface area is 394 Å². The van der Waals surface area contributed by atoms with Gasteiger partial charge in [-0.05, 0) is 118 Å². The molecule has 0 spiro atoms. The number of methoxy groups -OCH3 is 2. The average Bonchev–Trinajstić information content (AvgIpc) is 3.46. The molecular weight excluding hydrogens is 874 g/mol. The van der Waals surface area contributed by atoms with Gasteiger partial charge in [-0.3, -0.25) is 0 Å². The van der Waals surface area contributed by atoms with Crippen LogP contribution in [-0.2, 0) is 32.7 Å². The Bertz CT molecular complexity index is 1470. The number of rotatable bonds is 4. The van der Waals surface area contributed by atoms with E-state index in [1.807, 2.05) is 83.1 Å². The molecule has 0 N–H and O–H groups in total. The fraction of sp³-hybridized carbons (Fsp3) is 0.629. The summed E-state index contributed by atoms with van der Waals surface area (Å²) in [4.78, 5) is 8.89. The van der Waals surface area contributed by atoms with Crippen LogP contribution in [0.2, 0.25) is 20.1 Å². The molecule has 3 aliphatic rings. The first-order valence-corrected chi connectivity index (χ1v) is 18.7. The summed E-state index contributed by atoms with van der Waals surface area (Å²) in [5.41, 5.74) is -1.59. The number of carbonyl (C=O) groups excluding carboxylic acids is 1. The van der Waals surface area contributed by atoms with Crippen molar-refractivity contribution in [2.45, 2.75) is 131 Å². The van der Waals surface area contributed by atoms with Gasteiger partial charge < -0.3 is 47.3 Å². The second kappa shape index (κ2) is 20.8. The predicted molar refractivity (Wildman–Crippen MR) is 219 cm³/mol. The zero-order valence-corrected chi connectivity index (χ0v) is 41.2. The molecule has 3 fully saturated rings. The van der Waals surface area contributed by atoms with Crippen molar-refractivity contribution in [1.82, 2.24) is 0 Å². The molecule has 0 unspecified atom stereocenters. The Kier molecular flexibility index (Phi) is 21.1. The zero-order chi connectivity index (χ0) is 40.4. The summed E-state index contributed by atoms with van der Waals surface area (Å²) in [6, 6.07) is 6.87. The van der Waals surface area contributed by atoms with Gasteiger partial charge in [-0.1, -0.05) is 53.8 Å². The van der Waals surface area contributed by atoms with Crippen molar-refractivity contribution in [2.24, 2.45) is 0 Å². The van der Waals surface area contributed by atoms with E-state index in [1.165, 1.54) is 0 Å². The summed E-state index contributed by atoms with van der Waals surface area (Å²) in [7, 11) is 1.65. The van der Waals surface area contributed by atoms with Crippen molar-refractivity contribution < 1.29 is 98.7 Å². The van der Waals surface area contributed by atoms with Gasteiger partial charge in [0.25, 0.3) is 0 Å². The maximum absolute atomic E-state index is 8.89. The van der Waals surface area contributed by atoms with Gasteiger partial charge in [0.05, 0.1) is 67.9 Å². The molecule has 0 aliphatic carbocycles. The van der Waals surface area contributed by atoms with Gasteiger partial charge >= 0.3 is 72.5 Å². The summed E-state index contributed by atoms with van der Waals surface area (Å²) in [6.45, 7) is 25.1. The van der Waals surface area contributed by atoms with Crippen LogP contribution in [0.3, 0.4) is 0 Å². The van der Waals surface area contributed by atoms with E-state index in [9.17, 15) is 0 Å². The SMILES string of the molecule is C.CC(=O)[O-].CC1(C)OB(B2OC(C)(C)C(C)(C)O2)OC1(C)C.COc1cc(Cl)c(Cl)c(B2OC(C)(C)C(C)(C)O2)c1.COc1cc(Cl)c(Cl)c(Br)c1.[K+]. The number of hydrogen-bond donors (Lipinski definition) is 0. The van der Waals surface area contributed by atoms with Crippen molar-refractivity contribution in [3.8, 4) is 11.5 Å². The van der Waals surface area contributed by atoms with E-state index in [-0.39, 0.29) is 81.2 Å². The molecule has 0 aromatic heterocycles. The number of carboxylic acid groups (broad SMARTS) is 1. The Morgan fingerprint density at radius 3 is 1.19 bits per heavy atom. The molecule has 0 radical (unpaired) electrons. The van der Waals surface area contributed by atoms with Crippen LogP contribution in [0.1, 0.15) is 97.4 Å². The number of benzene rings is 2. The minimum atomic E-state index is -1.08. The molecule has 0 saturated carbocycles. The molecule has 0 amide bonds. The Morgan fingerprint density at radius 1 is 0.611 bits per heavy atom. The third-order valence-electron chi connectivity index (χ3n) is 9.73. The third-order valence-corrected chi connectivity index (χ3v) is 12.2. The Hall–Kier alpha value is 0.741. The van der Waals surface area contributed by atoms with Crippen LogP contribution in [0.5, 0.6) is 11.5 Å². The van der Waals surface area contributed by atoms with Crippen LogP contribution in [0.15, 0.2) is 28.7 Å². The maximum atomic E-state index is 8.89. The van der Waals surface area contributed by atoms with Gasteiger partial charge in [0.15, 0.2) is 0 Å². The van der Waals surface area contributed by atoms with E-state index in [0.717, 1.165) is 11.4 Å². The number of aliphatic carboxylic acids is 1. The molecular formula is C35H53B3BrCl4KO10. The fourth-order valence-electron chi connectivity index (χ4n) is 4.49. The number of halogens is 5. The van der Waals surface area contributed by atoms with Crippen molar-refractivity contribution in [3.05, 3.63) is 48.8 Å². The van der Waals surface area contributed by atoms with Gasteiger partial charge in [0, 0.05) is 28.0 Å². The molecule has 19 heteroatoms. The smallest absolute Gasteiger partial charge is 0.550 e. The van der Waals surface area contributed by atoms with Crippen molar-refractivity contribution in [3.63, 3.8) is 0 Å². The average molecular weight is 927 g/mol. The second-order valence-corrected chi connectivity index (χ2v) is 17.7. The number of carboxylic acids is 1. The predicted octanol–water partition coefficient (Wildman–Crippen LogP) is 5.71. The van der Waals surface area contributed by atoms with Crippen LogP contribution < -0.4 is 71.4 Å². The van der Waals surface area contributed by atoms with Gasteiger partial charge in [-0.25, -0.2) is 0 Å². The molecule has 2 aromatic rings. The van der Waals surface area contributed by atoms with Gasteiger partial charge in [-0.15, -0.1) is 0 Å². The molecule has 0 atom stereocenters. The summed E-state index contributed by atoms with van der Waals surface area (Å²) in [5.74, 6) is 0.227. The topological polar surface area (TPSA) is 114 Å². The van der Waals surface area contributed by atoms with Crippen molar-refractivity contribution in [1.29, 1.82) is 0 Å². The molecule has 0 bridgehead atoms. The number of carbonyl (C=O) groups is 1. The molecule has 2 aromatic carbocycles. The van der Waals surface area contributed by atoms with Crippen molar-refractivity contribution in [2.75, 3.05) is 14.2 Å². The van der Waals surface area contributed by atoms with E-state index in [0.29, 0.717) is 37.1 Å². The number of hydrogen-bond acceptors (Lipinski definition) is 10. The largest absolute Gasteiger partial charge is 1.00 e. The summed E-state index contributed by atoms with van der Waals surface area (Å²) in [6.07, 6.45) is 0. The van der Waals surface area contributed by atoms with Crippen LogP contribution in [0.25, 0.3) is 0 Å². The van der Waals surface area contributed by atoms with E-state index < -0.39 is 38.3 Å². The summed E-state index contributed by atoms with van der Waals surface area (Å²) < 4.78 is 46.7. The number of ether oxygens (including phenoxy) is 2.